The molecule has 6 aromatic rings. The van der Waals surface area contributed by atoms with Crippen LogP contribution in [0, 0.1) is 0 Å². The summed E-state index contributed by atoms with van der Waals surface area (Å²) >= 11 is 12.1. The van der Waals surface area contributed by atoms with Crippen LogP contribution in [0.1, 0.15) is 112 Å². The molecule has 0 N–H and O–H groups in total. The molecule has 8 rings (SSSR count). The maximum Gasteiger partial charge on any atom is 0.308 e. The van der Waals surface area contributed by atoms with Crippen molar-refractivity contribution in [2.24, 2.45) is 0 Å². The topological polar surface area (TPSA) is 181 Å². The van der Waals surface area contributed by atoms with Crippen LogP contribution in [0.15, 0.2) is 169 Å². The molecule has 328 valence electrons. The van der Waals surface area contributed by atoms with Crippen molar-refractivity contribution in [3.05, 3.63) is 223 Å². The van der Waals surface area contributed by atoms with Gasteiger partial charge in [0.05, 0.1) is 11.1 Å². The van der Waals surface area contributed by atoms with E-state index in [0.717, 1.165) is 13.8 Å². The van der Waals surface area contributed by atoms with Crippen molar-refractivity contribution in [2.45, 2.75) is 38.5 Å². The van der Waals surface area contributed by atoms with Gasteiger partial charge < -0.3 is 9.47 Å². The van der Waals surface area contributed by atoms with Crippen LogP contribution in [-0.2, 0) is 19.1 Å². The fraction of sp³-hybridized carbons (Fsp3) is 0.115. The Morgan fingerprint density at radius 1 is 0.455 bits per heavy atom. The van der Waals surface area contributed by atoms with E-state index < -0.39 is 46.9 Å². The van der Waals surface area contributed by atoms with Crippen molar-refractivity contribution in [1.82, 2.24) is 9.97 Å². The molecule has 14 heteroatoms. The number of fused-ring (bicyclic) bond motifs is 2. The molecule has 0 saturated heterocycles. The highest BCUT2D eigenvalue weighted by Crippen LogP contribution is 2.41. The van der Waals surface area contributed by atoms with E-state index in [1.807, 2.05) is 0 Å². The van der Waals surface area contributed by atoms with E-state index in [1.165, 1.54) is 24.5 Å². The number of halogens is 2. The van der Waals surface area contributed by atoms with Crippen molar-refractivity contribution >= 4 is 69.8 Å². The number of nitrogens with zero attached hydrogens (tertiary/aromatic N) is 2. The van der Waals surface area contributed by atoms with Gasteiger partial charge in [-0.15, -0.1) is 0 Å². The highest BCUT2D eigenvalue weighted by Gasteiger charge is 2.41. The summed E-state index contributed by atoms with van der Waals surface area (Å²) in [4.78, 5) is 112. The molecule has 2 aliphatic rings. The van der Waals surface area contributed by atoms with E-state index in [1.54, 1.807) is 121 Å². The predicted molar refractivity (Wildman–Crippen MR) is 243 cm³/mol. The van der Waals surface area contributed by atoms with Gasteiger partial charge in [-0.25, -0.2) is 0 Å². The molecule has 0 saturated carbocycles. The molecule has 0 spiro atoms. The van der Waals surface area contributed by atoms with Crippen LogP contribution in [-0.4, -0.2) is 56.6 Å². The Bertz CT molecular complexity index is 2800. The normalized spacial score (nSPS) is 14.0. The first kappa shape index (κ1) is 46.2. The summed E-state index contributed by atoms with van der Waals surface area (Å²) < 4.78 is 10.5. The Hall–Kier alpha value is -7.80. The summed E-state index contributed by atoms with van der Waals surface area (Å²) in [5, 5.41) is 0.943. The molecular formula is C52H36Cl2N2O10. The molecule has 0 bridgehead atoms. The van der Waals surface area contributed by atoms with E-state index in [4.69, 9.17) is 32.7 Å². The van der Waals surface area contributed by atoms with Crippen LogP contribution in [0.4, 0.5) is 0 Å². The quantitative estimate of drug-likeness (QED) is 0.0838. The van der Waals surface area contributed by atoms with Crippen LogP contribution in [0.2, 0.25) is 10.0 Å². The molecule has 2 atom stereocenters. The van der Waals surface area contributed by atoms with Crippen molar-refractivity contribution in [1.29, 1.82) is 0 Å². The minimum atomic E-state index is -0.865. The van der Waals surface area contributed by atoms with Gasteiger partial charge in [0.2, 0.25) is 11.6 Å². The molecule has 12 nitrogen and oxygen atoms in total. The van der Waals surface area contributed by atoms with Gasteiger partial charge in [-0.2, -0.15) is 0 Å². The molecule has 66 heavy (non-hydrogen) atoms. The third kappa shape index (κ3) is 10.1. The number of ketones is 6. The number of Topliss-reactive ketones (excluding diaryl/α,β-unsaturated/α-hetero) is 6. The lowest BCUT2D eigenvalue weighted by molar-refractivity contribution is -0.137. The third-order valence-electron chi connectivity index (χ3n) is 10.6. The fourth-order valence-corrected chi connectivity index (χ4v) is 7.92. The molecule has 2 aromatic heterocycles. The number of carbonyl (C=O) groups is 8. The number of rotatable bonds is 12. The second-order valence-corrected chi connectivity index (χ2v) is 15.8. The number of ether oxygens (including phenoxy) is 2. The highest BCUT2D eigenvalue weighted by molar-refractivity contribution is 6.31. The minimum absolute atomic E-state index is 0.0412. The van der Waals surface area contributed by atoms with E-state index in [0.29, 0.717) is 21.2 Å². The number of pyridine rings is 2. The van der Waals surface area contributed by atoms with Gasteiger partial charge in [-0.3, -0.25) is 48.3 Å². The second-order valence-electron chi connectivity index (χ2n) is 15.0. The van der Waals surface area contributed by atoms with E-state index in [-0.39, 0.29) is 80.7 Å². The monoisotopic (exact) mass is 918 g/mol. The molecular weight excluding hydrogens is 883 g/mol. The average molecular weight is 920 g/mol. The Morgan fingerprint density at radius 2 is 0.773 bits per heavy atom. The Kier molecular flexibility index (Phi) is 14.3. The Balaban J connectivity index is 0.000000196. The molecule has 0 fully saturated rings. The van der Waals surface area contributed by atoms with Crippen LogP contribution in [0.5, 0.6) is 0 Å². The zero-order chi connectivity index (χ0) is 47.1. The Morgan fingerprint density at radius 3 is 1.08 bits per heavy atom. The van der Waals surface area contributed by atoms with E-state index >= 15 is 0 Å². The lowest BCUT2D eigenvalue weighted by atomic mass is 9.77. The van der Waals surface area contributed by atoms with Crippen molar-refractivity contribution in [3.63, 3.8) is 0 Å². The zero-order valence-electron chi connectivity index (χ0n) is 35.2. The number of hydrogen-bond donors (Lipinski definition) is 0. The number of hydrogen-bond acceptors (Lipinski definition) is 12. The number of carbonyl (C=O) groups excluding carboxylic acids is 8. The molecule has 2 heterocycles. The molecule has 2 aliphatic carbocycles. The van der Waals surface area contributed by atoms with E-state index in [9.17, 15) is 38.4 Å². The number of aromatic nitrogens is 2. The zero-order valence-corrected chi connectivity index (χ0v) is 36.7. The number of benzene rings is 4. The summed E-state index contributed by atoms with van der Waals surface area (Å²) in [5.74, 6) is -6.71. The highest BCUT2D eigenvalue weighted by atomic mass is 35.5. The van der Waals surface area contributed by atoms with Gasteiger partial charge in [-0.05, 0) is 59.7 Å². The van der Waals surface area contributed by atoms with E-state index in [2.05, 4.69) is 9.97 Å². The largest absolute Gasteiger partial charge is 0.422 e. The van der Waals surface area contributed by atoms with Gasteiger partial charge in [-0.1, -0.05) is 108 Å². The maximum absolute atomic E-state index is 13.6. The summed E-state index contributed by atoms with van der Waals surface area (Å²) in [5.41, 5.74) is 2.19. The van der Waals surface area contributed by atoms with Gasteiger partial charge >= 0.3 is 11.9 Å². The summed E-state index contributed by atoms with van der Waals surface area (Å²) in [7, 11) is 0. The smallest absolute Gasteiger partial charge is 0.308 e. The third-order valence-corrected chi connectivity index (χ3v) is 11.1. The molecule has 0 aliphatic heterocycles. The Labute approximate surface area is 387 Å². The number of esters is 2. The van der Waals surface area contributed by atoms with Gasteiger partial charge in [0.1, 0.15) is 11.4 Å². The first-order valence-corrected chi connectivity index (χ1v) is 21.1. The van der Waals surface area contributed by atoms with Crippen molar-refractivity contribution < 1.29 is 47.8 Å². The fourth-order valence-electron chi connectivity index (χ4n) is 7.67. The van der Waals surface area contributed by atoms with Gasteiger partial charge in [0.15, 0.2) is 34.7 Å². The second kappa shape index (κ2) is 20.4. The average Bonchev–Trinajstić information content (AvgIpc) is 3.32. The maximum atomic E-state index is 13.6. The lowest BCUT2D eigenvalue weighted by Gasteiger charge is -2.26. The molecule has 4 aromatic carbocycles. The molecule has 0 unspecified atom stereocenters. The summed E-state index contributed by atoms with van der Waals surface area (Å²) in [6, 6.07) is 35.8. The standard InChI is InChI=1S/2C26H18ClNO5/c2*1-15(29)33-26-23(24(31)18-6-2-3-7-19(18)25(26)32)20(16-9-11-17(27)12-10-16)14-22(30)21-8-4-5-13-28-21/h2*2-13,20H,14H2,1H3/t2*20-/m11/s1. The molecule has 0 amide bonds. The predicted octanol–water partition coefficient (Wildman–Crippen LogP) is 9.98. The van der Waals surface area contributed by atoms with Crippen LogP contribution < -0.4 is 0 Å². The SMILES string of the molecule is CC(=O)OC1=C([C@H](CC(=O)c2ccccn2)c2ccc(Cl)cc2)C(=O)c2ccccc2C1=O.CC(=O)OC1=C([C@H](CC(=O)c2ccccn2)c2ccc(Cl)cc2)C(=O)c2ccccc2C1=O. The molecule has 0 radical (unpaired) electrons. The first-order chi connectivity index (χ1) is 31.7. The van der Waals surface area contributed by atoms with Crippen LogP contribution >= 0.6 is 23.2 Å². The first-order valence-electron chi connectivity index (χ1n) is 20.3. The minimum Gasteiger partial charge on any atom is -0.422 e. The van der Waals surface area contributed by atoms with Crippen molar-refractivity contribution in [3.8, 4) is 0 Å². The van der Waals surface area contributed by atoms with Crippen molar-refractivity contribution in [2.75, 3.05) is 0 Å². The summed E-state index contributed by atoms with van der Waals surface area (Å²) in [6.07, 6.45) is 2.67. The number of allylic oxidation sites excluding steroid dienone is 4. The van der Waals surface area contributed by atoms with Gasteiger partial charge in [0, 0.05) is 83.2 Å². The van der Waals surface area contributed by atoms with Crippen LogP contribution in [0.25, 0.3) is 0 Å². The van der Waals surface area contributed by atoms with Crippen LogP contribution in [0.3, 0.4) is 0 Å². The summed E-state index contributed by atoms with van der Waals surface area (Å²) in [6.45, 7) is 2.30. The lowest BCUT2D eigenvalue weighted by Crippen LogP contribution is -2.28. The van der Waals surface area contributed by atoms with Gasteiger partial charge in [0.25, 0.3) is 0 Å².